The summed E-state index contributed by atoms with van der Waals surface area (Å²) >= 11 is 1.67. The van der Waals surface area contributed by atoms with Gasteiger partial charge in [-0.1, -0.05) is 12.1 Å². The minimum atomic E-state index is -0.123. The molecule has 1 atom stereocenters. The van der Waals surface area contributed by atoms with Crippen LogP contribution in [-0.4, -0.2) is 47.7 Å². The van der Waals surface area contributed by atoms with Gasteiger partial charge in [-0.25, -0.2) is 9.78 Å². The van der Waals surface area contributed by atoms with Gasteiger partial charge in [-0.2, -0.15) is 11.3 Å². The molecule has 0 fully saturated rings. The number of amides is 2. The fourth-order valence-electron chi connectivity index (χ4n) is 2.95. The summed E-state index contributed by atoms with van der Waals surface area (Å²) in [5, 5.41) is 10.1. The first-order valence-electron chi connectivity index (χ1n) is 8.75. The van der Waals surface area contributed by atoms with Crippen molar-refractivity contribution in [3.8, 4) is 0 Å². The van der Waals surface area contributed by atoms with Crippen LogP contribution in [0, 0.1) is 0 Å². The Bertz CT molecular complexity index is 827. The number of thiophene rings is 1. The third kappa shape index (κ3) is 4.62. The lowest BCUT2D eigenvalue weighted by Crippen LogP contribution is -2.40. The zero-order valence-electron chi connectivity index (χ0n) is 15.2. The van der Waals surface area contributed by atoms with Crippen LogP contribution in [0.5, 0.6) is 0 Å². The number of carbonyl (C=O) groups excluding carboxylic acids is 1. The van der Waals surface area contributed by atoms with Crippen molar-refractivity contribution in [2.24, 2.45) is 0 Å². The highest BCUT2D eigenvalue weighted by Crippen LogP contribution is 2.19. The number of likely N-dealkylation sites (N-methyl/N-ethyl adjacent to an activating group) is 1. The van der Waals surface area contributed by atoms with E-state index in [0.717, 1.165) is 24.0 Å². The van der Waals surface area contributed by atoms with E-state index in [-0.39, 0.29) is 12.1 Å². The lowest BCUT2D eigenvalue weighted by Gasteiger charge is -2.24. The Morgan fingerprint density at radius 3 is 2.88 bits per heavy atom. The van der Waals surface area contributed by atoms with Crippen LogP contribution >= 0.6 is 11.3 Å². The molecule has 0 bridgehead atoms. The molecule has 1 aromatic carbocycles. The van der Waals surface area contributed by atoms with Gasteiger partial charge in [0.2, 0.25) is 0 Å². The lowest BCUT2D eigenvalue weighted by atomic mass is 10.1. The highest BCUT2D eigenvalue weighted by atomic mass is 32.1. The van der Waals surface area contributed by atoms with Crippen molar-refractivity contribution in [2.45, 2.75) is 19.0 Å². The summed E-state index contributed by atoms with van der Waals surface area (Å²) in [5.74, 6) is 0. The molecule has 6 nitrogen and oxygen atoms in total. The summed E-state index contributed by atoms with van der Waals surface area (Å²) in [6.07, 6.45) is 2.71. The number of benzene rings is 1. The molecule has 1 unspecified atom stereocenters. The first-order chi connectivity index (χ1) is 12.6. The van der Waals surface area contributed by atoms with Crippen LogP contribution < -0.4 is 10.6 Å². The van der Waals surface area contributed by atoms with Gasteiger partial charge in [-0.15, -0.1) is 0 Å². The van der Waals surface area contributed by atoms with Gasteiger partial charge in [0.15, 0.2) is 0 Å². The molecule has 0 aliphatic heterocycles. The highest BCUT2D eigenvalue weighted by molar-refractivity contribution is 7.07. The van der Waals surface area contributed by atoms with E-state index in [1.165, 1.54) is 5.56 Å². The number of hydrogen-bond acceptors (Lipinski definition) is 4. The Morgan fingerprint density at radius 1 is 1.27 bits per heavy atom. The predicted octanol–water partition coefficient (Wildman–Crippen LogP) is 3.09. The maximum Gasteiger partial charge on any atom is 0.314 e. The summed E-state index contributed by atoms with van der Waals surface area (Å²) in [7, 11) is 4.05. The monoisotopic (exact) mass is 371 g/mol. The number of carbonyl (C=O) groups is 1. The molecule has 0 saturated carbocycles. The van der Waals surface area contributed by atoms with Crippen LogP contribution in [0.25, 0.3) is 11.0 Å². The molecule has 0 aliphatic carbocycles. The molecule has 7 heteroatoms. The number of aromatic nitrogens is 2. The fraction of sp³-hybridized carbons (Fsp3) is 0.368. The number of fused-ring (bicyclic) bond motifs is 1. The molecule has 2 amide bonds. The van der Waals surface area contributed by atoms with Crippen LogP contribution in [0.3, 0.4) is 0 Å². The molecule has 0 aliphatic rings. The summed E-state index contributed by atoms with van der Waals surface area (Å²) < 4.78 is 2.12. The molecule has 3 aromatic rings. The van der Waals surface area contributed by atoms with E-state index in [9.17, 15) is 4.79 Å². The van der Waals surface area contributed by atoms with Crippen molar-refractivity contribution in [3.63, 3.8) is 0 Å². The zero-order chi connectivity index (χ0) is 18.4. The molecule has 2 aromatic heterocycles. The van der Waals surface area contributed by atoms with Crippen LogP contribution in [0.4, 0.5) is 4.79 Å². The van der Waals surface area contributed by atoms with Crippen molar-refractivity contribution in [2.75, 3.05) is 27.2 Å². The molecule has 26 heavy (non-hydrogen) atoms. The van der Waals surface area contributed by atoms with Crippen molar-refractivity contribution >= 4 is 28.4 Å². The fourth-order valence-corrected chi connectivity index (χ4v) is 3.66. The van der Waals surface area contributed by atoms with E-state index >= 15 is 0 Å². The number of aryl methyl sites for hydroxylation is 1. The van der Waals surface area contributed by atoms with E-state index < -0.39 is 0 Å². The Balaban J connectivity index is 1.40. The van der Waals surface area contributed by atoms with Crippen molar-refractivity contribution in [1.82, 2.24) is 25.1 Å². The Hall–Kier alpha value is -2.38. The average molecular weight is 372 g/mol. The summed E-state index contributed by atoms with van der Waals surface area (Å²) in [5.41, 5.74) is 3.36. The second-order valence-electron chi connectivity index (χ2n) is 6.45. The second kappa shape index (κ2) is 8.82. The van der Waals surface area contributed by atoms with E-state index in [4.69, 9.17) is 0 Å². The van der Waals surface area contributed by atoms with Crippen molar-refractivity contribution in [3.05, 3.63) is 53.0 Å². The Kier molecular flexibility index (Phi) is 6.25. The maximum atomic E-state index is 12.1. The number of urea groups is 1. The minimum Gasteiger partial charge on any atom is -0.338 e. The van der Waals surface area contributed by atoms with Crippen molar-refractivity contribution < 1.29 is 4.79 Å². The lowest BCUT2D eigenvalue weighted by molar-refractivity contribution is 0.232. The summed E-state index contributed by atoms with van der Waals surface area (Å²) in [6.45, 7) is 2.04. The number of hydrogen-bond donors (Lipinski definition) is 2. The predicted molar refractivity (Wildman–Crippen MR) is 106 cm³/mol. The van der Waals surface area contributed by atoms with Gasteiger partial charge in [0, 0.05) is 19.6 Å². The van der Waals surface area contributed by atoms with Gasteiger partial charge < -0.3 is 20.1 Å². The Labute approximate surface area is 157 Å². The van der Waals surface area contributed by atoms with Gasteiger partial charge in [-0.3, -0.25) is 0 Å². The van der Waals surface area contributed by atoms with Gasteiger partial charge in [0.1, 0.15) is 0 Å². The topological polar surface area (TPSA) is 62.2 Å². The number of nitrogens with one attached hydrogen (secondary N) is 2. The van der Waals surface area contributed by atoms with E-state index in [1.54, 1.807) is 11.3 Å². The molecular weight excluding hydrogens is 346 g/mol. The molecule has 0 spiro atoms. The maximum absolute atomic E-state index is 12.1. The number of imidazole rings is 1. The van der Waals surface area contributed by atoms with Gasteiger partial charge >= 0.3 is 6.03 Å². The van der Waals surface area contributed by atoms with Crippen molar-refractivity contribution in [1.29, 1.82) is 0 Å². The van der Waals surface area contributed by atoms with Gasteiger partial charge in [0.25, 0.3) is 0 Å². The average Bonchev–Trinajstić information content (AvgIpc) is 3.29. The largest absolute Gasteiger partial charge is 0.338 e. The molecule has 0 radical (unpaired) electrons. The molecule has 3 rings (SSSR count). The highest BCUT2D eigenvalue weighted by Gasteiger charge is 2.15. The summed E-state index contributed by atoms with van der Waals surface area (Å²) in [6, 6.07) is 10.2. The Morgan fingerprint density at radius 2 is 2.12 bits per heavy atom. The molecule has 2 N–H and O–H groups in total. The second-order valence-corrected chi connectivity index (χ2v) is 7.23. The van der Waals surface area contributed by atoms with E-state index in [1.807, 2.05) is 38.6 Å². The van der Waals surface area contributed by atoms with Crippen LogP contribution in [0.2, 0.25) is 0 Å². The minimum absolute atomic E-state index is 0.123. The quantitative estimate of drug-likeness (QED) is 0.598. The van der Waals surface area contributed by atoms with Crippen LogP contribution in [0.1, 0.15) is 18.0 Å². The standard InChI is InChI=1S/C19H25N5OS/c1-23(2)18(15-8-11-26-13-15)12-21-19(25)20-9-5-10-24-14-22-16-6-3-4-7-17(16)24/h3-4,6-8,11,13-14,18H,5,9-10,12H2,1-2H3,(H2,20,21,25). The first kappa shape index (κ1) is 18.4. The normalized spacial score (nSPS) is 12.4. The van der Waals surface area contributed by atoms with Gasteiger partial charge in [0.05, 0.1) is 23.4 Å². The molecule has 2 heterocycles. The third-order valence-electron chi connectivity index (χ3n) is 4.40. The molecular formula is C19H25N5OS. The molecule has 0 saturated heterocycles. The smallest absolute Gasteiger partial charge is 0.314 e. The number of para-hydroxylation sites is 2. The number of nitrogens with zero attached hydrogens (tertiary/aromatic N) is 3. The summed E-state index contributed by atoms with van der Waals surface area (Å²) in [4.78, 5) is 18.6. The zero-order valence-corrected chi connectivity index (χ0v) is 16.0. The van der Waals surface area contributed by atoms with Gasteiger partial charge in [-0.05, 0) is 55.0 Å². The van der Waals surface area contributed by atoms with Crippen LogP contribution in [-0.2, 0) is 6.54 Å². The molecule has 138 valence electrons. The van der Waals surface area contributed by atoms with E-state index in [0.29, 0.717) is 13.1 Å². The third-order valence-corrected chi connectivity index (χ3v) is 5.10. The van der Waals surface area contributed by atoms with E-state index in [2.05, 4.69) is 48.0 Å². The number of rotatable bonds is 8. The SMILES string of the molecule is CN(C)C(CNC(=O)NCCCn1cnc2ccccc21)c1ccsc1. The van der Waals surface area contributed by atoms with Crippen LogP contribution in [0.15, 0.2) is 47.4 Å². The first-order valence-corrected chi connectivity index (χ1v) is 9.69.